The van der Waals surface area contributed by atoms with Crippen LogP contribution in [0.2, 0.25) is 0 Å². The molecule has 2 heterocycles. The zero-order chi connectivity index (χ0) is 20.5. The maximum Gasteiger partial charge on any atom is 0.191 e. The number of rotatable bonds is 9. The van der Waals surface area contributed by atoms with Gasteiger partial charge in [-0.15, -0.1) is 0 Å². The summed E-state index contributed by atoms with van der Waals surface area (Å²) in [7, 11) is 0. The average molecular weight is 402 g/mol. The lowest BCUT2D eigenvalue weighted by atomic mass is 10.1. The van der Waals surface area contributed by atoms with Crippen LogP contribution in [0.4, 0.5) is 0 Å². The normalized spacial score (nSPS) is 18.9. The second kappa shape index (κ2) is 11.4. The van der Waals surface area contributed by atoms with Crippen molar-refractivity contribution in [1.82, 2.24) is 20.4 Å². The highest BCUT2D eigenvalue weighted by Crippen LogP contribution is 2.25. The molecule has 29 heavy (non-hydrogen) atoms. The number of benzene rings is 1. The molecular weight excluding hydrogens is 362 g/mol. The zero-order valence-electron chi connectivity index (χ0n) is 18.5. The first-order chi connectivity index (χ1) is 14.2. The summed E-state index contributed by atoms with van der Waals surface area (Å²) in [6.45, 7) is 17.2. The molecule has 2 aliphatic heterocycles. The van der Waals surface area contributed by atoms with E-state index in [0.717, 1.165) is 57.3 Å². The fourth-order valence-corrected chi connectivity index (χ4v) is 4.10. The topological polar surface area (TPSA) is 52.1 Å². The predicted octanol–water partition coefficient (Wildman–Crippen LogP) is 1.99. The van der Waals surface area contributed by atoms with Crippen molar-refractivity contribution in [3.63, 3.8) is 0 Å². The maximum atomic E-state index is 5.60. The summed E-state index contributed by atoms with van der Waals surface area (Å²) in [5, 5.41) is 6.88. The van der Waals surface area contributed by atoms with E-state index in [9.17, 15) is 0 Å². The van der Waals surface area contributed by atoms with Crippen molar-refractivity contribution < 1.29 is 4.74 Å². The molecule has 1 saturated heterocycles. The molecule has 162 valence electrons. The lowest BCUT2D eigenvalue weighted by Crippen LogP contribution is -2.47. The van der Waals surface area contributed by atoms with E-state index in [2.05, 4.69) is 59.4 Å². The number of piperazine rings is 1. The SMILES string of the molecule is CCNC(=NCC(C)CN1CCN(CC)CC1)NCCc1ccc2c(c1)CCO2. The van der Waals surface area contributed by atoms with Gasteiger partial charge in [0, 0.05) is 58.8 Å². The minimum Gasteiger partial charge on any atom is -0.493 e. The van der Waals surface area contributed by atoms with Crippen LogP contribution < -0.4 is 15.4 Å². The van der Waals surface area contributed by atoms with Crippen LogP contribution in [0.25, 0.3) is 0 Å². The zero-order valence-corrected chi connectivity index (χ0v) is 18.5. The van der Waals surface area contributed by atoms with Crippen molar-refractivity contribution in [3.05, 3.63) is 29.3 Å². The molecular formula is C23H39N5O. The fraction of sp³-hybridized carbons (Fsp3) is 0.696. The molecule has 1 fully saturated rings. The van der Waals surface area contributed by atoms with E-state index in [1.165, 1.54) is 43.9 Å². The monoisotopic (exact) mass is 401 g/mol. The van der Waals surface area contributed by atoms with Crippen LogP contribution in [0.15, 0.2) is 23.2 Å². The molecule has 1 aromatic carbocycles. The van der Waals surface area contributed by atoms with Crippen molar-refractivity contribution in [3.8, 4) is 5.75 Å². The van der Waals surface area contributed by atoms with Gasteiger partial charge in [0.25, 0.3) is 0 Å². The molecule has 6 nitrogen and oxygen atoms in total. The molecule has 2 aliphatic rings. The van der Waals surface area contributed by atoms with E-state index in [1.807, 2.05) is 0 Å². The summed E-state index contributed by atoms with van der Waals surface area (Å²) in [5.41, 5.74) is 2.70. The van der Waals surface area contributed by atoms with Crippen LogP contribution in [0.5, 0.6) is 5.75 Å². The highest BCUT2D eigenvalue weighted by Gasteiger charge is 2.17. The molecule has 1 aromatic rings. The van der Waals surface area contributed by atoms with Gasteiger partial charge in [0.15, 0.2) is 5.96 Å². The van der Waals surface area contributed by atoms with Crippen LogP contribution in [-0.2, 0) is 12.8 Å². The van der Waals surface area contributed by atoms with Gasteiger partial charge in [0.2, 0.25) is 0 Å². The highest BCUT2D eigenvalue weighted by molar-refractivity contribution is 5.79. The summed E-state index contributed by atoms with van der Waals surface area (Å²) >= 11 is 0. The molecule has 1 atom stereocenters. The van der Waals surface area contributed by atoms with E-state index >= 15 is 0 Å². The van der Waals surface area contributed by atoms with Crippen molar-refractivity contribution >= 4 is 5.96 Å². The minimum atomic E-state index is 0.565. The molecule has 0 radical (unpaired) electrons. The minimum absolute atomic E-state index is 0.565. The van der Waals surface area contributed by atoms with Gasteiger partial charge < -0.3 is 25.2 Å². The van der Waals surface area contributed by atoms with Crippen LogP contribution >= 0.6 is 0 Å². The number of likely N-dealkylation sites (N-methyl/N-ethyl adjacent to an activating group) is 1. The number of guanidine groups is 1. The van der Waals surface area contributed by atoms with Gasteiger partial charge >= 0.3 is 0 Å². The maximum absolute atomic E-state index is 5.60. The van der Waals surface area contributed by atoms with Gasteiger partial charge in [-0.3, -0.25) is 4.99 Å². The Kier molecular flexibility index (Phi) is 8.62. The Hall–Kier alpha value is -1.79. The Morgan fingerprint density at radius 1 is 1.14 bits per heavy atom. The van der Waals surface area contributed by atoms with E-state index in [-0.39, 0.29) is 0 Å². The third kappa shape index (κ3) is 6.89. The summed E-state index contributed by atoms with van der Waals surface area (Å²) < 4.78 is 5.60. The number of aliphatic imine (C=N–C) groups is 1. The van der Waals surface area contributed by atoms with Crippen LogP contribution in [0, 0.1) is 5.92 Å². The molecule has 3 rings (SSSR count). The lowest BCUT2D eigenvalue weighted by molar-refractivity contribution is 0.125. The highest BCUT2D eigenvalue weighted by atomic mass is 16.5. The van der Waals surface area contributed by atoms with Gasteiger partial charge in [-0.2, -0.15) is 0 Å². The number of hydrogen-bond donors (Lipinski definition) is 2. The van der Waals surface area contributed by atoms with E-state index in [0.29, 0.717) is 5.92 Å². The lowest BCUT2D eigenvalue weighted by Gasteiger charge is -2.35. The molecule has 0 amide bonds. The third-order valence-corrected chi connectivity index (χ3v) is 5.85. The Morgan fingerprint density at radius 2 is 1.93 bits per heavy atom. The first kappa shape index (κ1) is 21.9. The first-order valence-corrected chi connectivity index (χ1v) is 11.4. The average Bonchev–Trinajstić information content (AvgIpc) is 3.20. The van der Waals surface area contributed by atoms with Gasteiger partial charge in [0.05, 0.1) is 6.61 Å². The standard InChI is InChI=1S/C23H39N5O/c1-4-24-23(25-10-8-20-6-7-22-21(16-20)9-15-29-22)26-17-19(3)18-28-13-11-27(5-2)12-14-28/h6-7,16,19H,4-5,8-15,17-18H2,1-3H3,(H2,24,25,26). The van der Waals surface area contributed by atoms with Crippen molar-refractivity contribution in [2.24, 2.45) is 10.9 Å². The van der Waals surface area contributed by atoms with Gasteiger partial charge in [0.1, 0.15) is 5.75 Å². The second-order valence-electron chi connectivity index (χ2n) is 8.28. The number of hydrogen-bond acceptors (Lipinski definition) is 4. The van der Waals surface area contributed by atoms with E-state index in [4.69, 9.17) is 9.73 Å². The molecule has 0 spiro atoms. The predicted molar refractivity (Wildman–Crippen MR) is 121 cm³/mol. The van der Waals surface area contributed by atoms with Gasteiger partial charge in [-0.25, -0.2) is 0 Å². The Bertz CT molecular complexity index is 655. The van der Waals surface area contributed by atoms with Crippen molar-refractivity contribution in [2.75, 3.05) is 65.5 Å². The second-order valence-corrected chi connectivity index (χ2v) is 8.28. The molecule has 1 unspecified atom stereocenters. The molecule has 6 heteroatoms. The molecule has 2 N–H and O–H groups in total. The number of fused-ring (bicyclic) bond motifs is 1. The van der Waals surface area contributed by atoms with E-state index in [1.54, 1.807) is 0 Å². The van der Waals surface area contributed by atoms with Crippen LogP contribution in [0.3, 0.4) is 0 Å². The van der Waals surface area contributed by atoms with Crippen LogP contribution in [0.1, 0.15) is 31.9 Å². The Morgan fingerprint density at radius 3 is 2.69 bits per heavy atom. The quantitative estimate of drug-likeness (QED) is 0.490. The molecule has 0 aliphatic carbocycles. The number of nitrogens with one attached hydrogen (secondary N) is 2. The summed E-state index contributed by atoms with van der Waals surface area (Å²) in [4.78, 5) is 9.95. The number of ether oxygens (including phenoxy) is 1. The summed E-state index contributed by atoms with van der Waals surface area (Å²) in [6, 6.07) is 6.57. The summed E-state index contributed by atoms with van der Waals surface area (Å²) in [5.74, 6) is 2.55. The smallest absolute Gasteiger partial charge is 0.191 e. The summed E-state index contributed by atoms with van der Waals surface area (Å²) in [6.07, 6.45) is 2.03. The molecule has 0 saturated carbocycles. The Labute approximate surface area is 176 Å². The van der Waals surface area contributed by atoms with E-state index < -0.39 is 0 Å². The first-order valence-electron chi connectivity index (χ1n) is 11.4. The third-order valence-electron chi connectivity index (χ3n) is 5.85. The Balaban J connectivity index is 1.40. The van der Waals surface area contributed by atoms with Crippen LogP contribution in [-0.4, -0.2) is 81.3 Å². The number of nitrogens with zero attached hydrogens (tertiary/aromatic N) is 3. The molecule has 0 bridgehead atoms. The molecule has 0 aromatic heterocycles. The fourth-order valence-electron chi connectivity index (χ4n) is 4.10. The van der Waals surface area contributed by atoms with Crippen molar-refractivity contribution in [1.29, 1.82) is 0 Å². The van der Waals surface area contributed by atoms with Crippen molar-refractivity contribution in [2.45, 2.75) is 33.6 Å². The van der Waals surface area contributed by atoms with Gasteiger partial charge in [-0.1, -0.05) is 26.0 Å². The largest absolute Gasteiger partial charge is 0.493 e. The van der Waals surface area contributed by atoms with Gasteiger partial charge in [-0.05, 0) is 43.0 Å².